The van der Waals surface area contributed by atoms with Gasteiger partial charge in [-0.15, -0.1) is 0 Å². The second-order valence-corrected chi connectivity index (χ2v) is 7.88. The number of aromatic nitrogens is 2. The number of hydrogen-bond acceptors (Lipinski definition) is 4. The molecule has 0 aromatic carbocycles. The molecule has 1 fully saturated rings. The monoisotopic (exact) mass is 432 g/mol. The summed E-state index contributed by atoms with van der Waals surface area (Å²) in [6, 6.07) is 9.40. The first-order valence-corrected chi connectivity index (χ1v) is 10.1. The Hall–Kier alpha value is -1.99. The van der Waals surface area contributed by atoms with Crippen LogP contribution in [0.2, 0.25) is 0 Å². The second kappa shape index (κ2) is 9.28. The van der Waals surface area contributed by atoms with Gasteiger partial charge in [0.1, 0.15) is 6.54 Å². The molecule has 7 heteroatoms. The molecule has 27 heavy (non-hydrogen) atoms. The molecule has 1 saturated heterocycles. The van der Waals surface area contributed by atoms with Crippen LogP contribution in [0.3, 0.4) is 0 Å². The van der Waals surface area contributed by atoms with E-state index in [1.54, 1.807) is 12.3 Å². The van der Waals surface area contributed by atoms with Gasteiger partial charge in [-0.05, 0) is 47.0 Å². The number of rotatable bonds is 6. The average Bonchev–Trinajstić information content (AvgIpc) is 2.70. The Balaban J connectivity index is 1.47. The summed E-state index contributed by atoms with van der Waals surface area (Å²) in [5, 5.41) is 0. The van der Waals surface area contributed by atoms with Crippen LogP contribution in [-0.4, -0.2) is 58.0 Å². The lowest BCUT2D eigenvalue weighted by molar-refractivity contribution is -0.133. The highest BCUT2D eigenvalue weighted by atomic mass is 79.9. The third-order valence-electron chi connectivity index (χ3n) is 5.16. The molecule has 2 aromatic rings. The Morgan fingerprint density at radius 1 is 1.26 bits per heavy atom. The van der Waals surface area contributed by atoms with E-state index < -0.39 is 0 Å². The van der Waals surface area contributed by atoms with Gasteiger partial charge in [0.2, 0.25) is 5.91 Å². The van der Waals surface area contributed by atoms with Crippen LogP contribution in [0.4, 0.5) is 0 Å². The number of halogens is 1. The zero-order valence-electron chi connectivity index (χ0n) is 15.6. The molecule has 0 bridgehead atoms. The maximum atomic E-state index is 12.6. The quantitative estimate of drug-likeness (QED) is 0.701. The fraction of sp³-hybridized carbons (Fsp3) is 0.450. The number of likely N-dealkylation sites (tertiary alicyclic amines) is 1. The van der Waals surface area contributed by atoms with Crippen molar-refractivity contribution in [3.8, 4) is 0 Å². The van der Waals surface area contributed by atoms with Crippen LogP contribution in [0.25, 0.3) is 0 Å². The number of carbonyl (C=O) groups excluding carboxylic acids is 1. The number of pyridine rings is 2. The standard InChI is InChI=1S/C20H25BrN4O2/c1-23(20(27)15-25-14-16(21)5-6-19(25)26)18-8-12-24(13-9-18)11-7-17-4-2-3-10-22-17/h2-6,10,14,18H,7-9,11-13,15H2,1H3. The molecule has 0 radical (unpaired) electrons. The zero-order chi connectivity index (χ0) is 19.2. The third-order valence-corrected chi connectivity index (χ3v) is 5.63. The highest BCUT2D eigenvalue weighted by Crippen LogP contribution is 2.16. The Morgan fingerprint density at radius 2 is 2.04 bits per heavy atom. The summed E-state index contributed by atoms with van der Waals surface area (Å²) in [5.41, 5.74) is 0.954. The molecule has 1 aliphatic heterocycles. The lowest BCUT2D eigenvalue weighted by Crippen LogP contribution is -2.47. The van der Waals surface area contributed by atoms with Crippen molar-refractivity contribution in [2.24, 2.45) is 0 Å². The van der Waals surface area contributed by atoms with Crippen LogP contribution in [-0.2, 0) is 17.8 Å². The summed E-state index contributed by atoms with van der Waals surface area (Å²) in [7, 11) is 1.85. The molecule has 3 heterocycles. The van der Waals surface area contributed by atoms with Gasteiger partial charge in [-0.25, -0.2) is 0 Å². The Morgan fingerprint density at radius 3 is 2.74 bits per heavy atom. The first-order chi connectivity index (χ1) is 13.0. The molecular formula is C20H25BrN4O2. The van der Waals surface area contributed by atoms with E-state index in [0.29, 0.717) is 0 Å². The van der Waals surface area contributed by atoms with E-state index in [-0.39, 0.29) is 24.1 Å². The van der Waals surface area contributed by atoms with Crippen molar-refractivity contribution in [3.05, 3.63) is 63.2 Å². The minimum Gasteiger partial charge on any atom is -0.341 e. The summed E-state index contributed by atoms with van der Waals surface area (Å²) in [5.74, 6) is -0.0258. The van der Waals surface area contributed by atoms with Gasteiger partial charge in [0.25, 0.3) is 5.56 Å². The van der Waals surface area contributed by atoms with Gasteiger partial charge >= 0.3 is 0 Å². The van der Waals surface area contributed by atoms with Crippen molar-refractivity contribution in [1.29, 1.82) is 0 Å². The molecule has 6 nitrogen and oxygen atoms in total. The Bertz CT molecular complexity index is 816. The van der Waals surface area contributed by atoms with Gasteiger partial charge < -0.3 is 14.4 Å². The van der Waals surface area contributed by atoms with Crippen molar-refractivity contribution in [2.45, 2.75) is 31.8 Å². The van der Waals surface area contributed by atoms with E-state index in [1.807, 2.05) is 30.3 Å². The maximum Gasteiger partial charge on any atom is 0.251 e. The molecule has 0 aliphatic carbocycles. The predicted octanol–water partition coefficient (Wildman–Crippen LogP) is 2.17. The number of amides is 1. The lowest BCUT2D eigenvalue weighted by atomic mass is 10.0. The number of nitrogens with zero attached hydrogens (tertiary/aromatic N) is 4. The van der Waals surface area contributed by atoms with E-state index in [4.69, 9.17) is 0 Å². The van der Waals surface area contributed by atoms with Gasteiger partial charge in [-0.3, -0.25) is 14.6 Å². The lowest BCUT2D eigenvalue weighted by Gasteiger charge is -2.36. The topological polar surface area (TPSA) is 58.4 Å². The minimum atomic E-state index is -0.163. The van der Waals surface area contributed by atoms with E-state index in [0.717, 1.165) is 49.1 Å². The molecule has 0 unspecified atom stereocenters. The number of likely N-dealkylation sites (N-methyl/N-ethyl adjacent to an activating group) is 1. The van der Waals surface area contributed by atoms with Gasteiger partial charge in [-0.2, -0.15) is 0 Å². The Kier molecular flexibility index (Phi) is 6.79. The Labute approximate surface area is 167 Å². The molecule has 2 aromatic heterocycles. The summed E-state index contributed by atoms with van der Waals surface area (Å²) in [4.78, 5) is 33.1. The summed E-state index contributed by atoms with van der Waals surface area (Å²) >= 11 is 3.34. The molecule has 0 N–H and O–H groups in total. The molecule has 3 rings (SSSR count). The first-order valence-electron chi connectivity index (χ1n) is 9.27. The van der Waals surface area contributed by atoms with Gasteiger partial charge in [-0.1, -0.05) is 6.07 Å². The van der Waals surface area contributed by atoms with E-state index >= 15 is 0 Å². The number of piperidine rings is 1. The summed E-state index contributed by atoms with van der Waals surface area (Å²) < 4.78 is 2.24. The van der Waals surface area contributed by atoms with Crippen LogP contribution >= 0.6 is 15.9 Å². The normalized spacial score (nSPS) is 15.6. The molecule has 0 atom stereocenters. The van der Waals surface area contributed by atoms with E-state index in [2.05, 4.69) is 31.9 Å². The van der Waals surface area contributed by atoms with Crippen molar-refractivity contribution >= 4 is 21.8 Å². The highest BCUT2D eigenvalue weighted by Gasteiger charge is 2.25. The highest BCUT2D eigenvalue weighted by molar-refractivity contribution is 9.10. The number of hydrogen-bond donors (Lipinski definition) is 0. The van der Waals surface area contributed by atoms with Crippen molar-refractivity contribution in [3.63, 3.8) is 0 Å². The van der Waals surface area contributed by atoms with Crippen molar-refractivity contribution < 1.29 is 4.79 Å². The minimum absolute atomic E-state index is 0.0258. The zero-order valence-corrected chi connectivity index (χ0v) is 17.1. The van der Waals surface area contributed by atoms with Crippen molar-refractivity contribution in [1.82, 2.24) is 19.4 Å². The van der Waals surface area contributed by atoms with Crippen molar-refractivity contribution in [2.75, 3.05) is 26.7 Å². The molecule has 0 saturated carbocycles. The van der Waals surface area contributed by atoms with Crippen LogP contribution in [0.5, 0.6) is 0 Å². The third kappa shape index (κ3) is 5.49. The average molecular weight is 433 g/mol. The van der Waals surface area contributed by atoms with E-state index in [1.165, 1.54) is 10.6 Å². The fourth-order valence-corrected chi connectivity index (χ4v) is 3.81. The van der Waals surface area contributed by atoms with Crippen LogP contribution in [0, 0.1) is 0 Å². The maximum absolute atomic E-state index is 12.6. The molecule has 1 aliphatic rings. The van der Waals surface area contributed by atoms with Crippen LogP contribution in [0.15, 0.2) is 52.0 Å². The second-order valence-electron chi connectivity index (χ2n) is 6.96. The largest absolute Gasteiger partial charge is 0.341 e. The summed E-state index contributed by atoms with van der Waals surface area (Å²) in [6.07, 6.45) is 6.36. The first kappa shape index (κ1) is 19.8. The fourth-order valence-electron chi connectivity index (χ4n) is 3.44. The predicted molar refractivity (Wildman–Crippen MR) is 109 cm³/mol. The summed E-state index contributed by atoms with van der Waals surface area (Å²) in [6.45, 7) is 3.03. The van der Waals surface area contributed by atoms with Gasteiger partial charge in [0.05, 0.1) is 0 Å². The van der Waals surface area contributed by atoms with Gasteiger partial charge in [0, 0.05) is 67.8 Å². The SMILES string of the molecule is CN(C(=O)Cn1cc(Br)ccc1=O)C1CCN(CCc2ccccn2)CC1. The molecular weight excluding hydrogens is 408 g/mol. The smallest absolute Gasteiger partial charge is 0.251 e. The van der Waals surface area contributed by atoms with E-state index in [9.17, 15) is 9.59 Å². The van der Waals surface area contributed by atoms with Crippen LogP contribution in [0.1, 0.15) is 18.5 Å². The molecule has 1 amide bonds. The van der Waals surface area contributed by atoms with Gasteiger partial charge in [0.15, 0.2) is 0 Å². The molecule has 144 valence electrons. The number of carbonyl (C=O) groups is 1. The van der Waals surface area contributed by atoms with Crippen LogP contribution < -0.4 is 5.56 Å². The molecule has 0 spiro atoms.